The number of rotatable bonds is 10. The van der Waals surface area contributed by atoms with E-state index >= 15 is 0 Å². The van der Waals surface area contributed by atoms with E-state index in [0.717, 1.165) is 48.3 Å². The molecule has 1 aliphatic heterocycles. The Hall–Kier alpha value is -2.86. The lowest BCUT2D eigenvalue weighted by atomic mass is 9.83. The van der Waals surface area contributed by atoms with Crippen LogP contribution in [0.2, 0.25) is 0 Å². The first-order chi connectivity index (χ1) is 15.0. The molecule has 1 aliphatic carbocycles. The Kier molecular flexibility index (Phi) is 6.28. The fourth-order valence-electron chi connectivity index (χ4n) is 4.90. The SMILES string of the molecule is CCCCCC1C(NC(CC2c3ccccc3Oc3ccccc32)C(=O)O)C1C(=O)O. The van der Waals surface area contributed by atoms with Crippen LogP contribution >= 0.6 is 0 Å². The van der Waals surface area contributed by atoms with Gasteiger partial charge in [-0.15, -0.1) is 0 Å². The molecule has 4 atom stereocenters. The second-order valence-corrected chi connectivity index (χ2v) is 8.57. The van der Waals surface area contributed by atoms with Crippen LogP contribution < -0.4 is 10.1 Å². The second-order valence-electron chi connectivity index (χ2n) is 8.57. The van der Waals surface area contributed by atoms with E-state index in [1.165, 1.54) is 0 Å². The maximum absolute atomic E-state index is 12.2. The van der Waals surface area contributed by atoms with Crippen molar-refractivity contribution in [3.8, 4) is 11.5 Å². The third-order valence-electron chi connectivity index (χ3n) is 6.57. The summed E-state index contributed by atoms with van der Waals surface area (Å²) in [6, 6.07) is 14.3. The van der Waals surface area contributed by atoms with Crippen LogP contribution in [0.5, 0.6) is 11.5 Å². The number of hydrogen-bond donors (Lipinski definition) is 3. The average Bonchev–Trinajstić information content (AvgIpc) is 3.45. The number of carbonyl (C=O) groups is 2. The van der Waals surface area contributed by atoms with Crippen LogP contribution in [0.1, 0.15) is 56.1 Å². The number of nitrogens with one attached hydrogen (secondary N) is 1. The fraction of sp³-hybridized carbons (Fsp3) is 0.440. The summed E-state index contributed by atoms with van der Waals surface area (Å²) >= 11 is 0. The maximum atomic E-state index is 12.2. The van der Waals surface area contributed by atoms with Crippen molar-refractivity contribution in [2.45, 2.75) is 57.0 Å². The molecule has 1 saturated carbocycles. The van der Waals surface area contributed by atoms with Gasteiger partial charge in [0.2, 0.25) is 0 Å². The van der Waals surface area contributed by atoms with Gasteiger partial charge in [0.25, 0.3) is 0 Å². The number of unbranched alkanes of at least 4 members (excludes halogenated alkanes) is 2. The smallest absolute Gasteiger partial charge is 0.320 e. The summed E-state index contributed by atoms with van der Waals surface area (Å²) < 4.78 is 6.02. The number of ether oxygens (including phenoxy) is 1. The van der Waals surface area contributed by atoms with Crippen molar-refractivity contribution in [3.63, 3.8) is 0 Å². The van der Waals surface area contributed by atoms with Crippen molar-refractivity contribution < 1.29 is 24.5 Å². The molecule has 0 aromatic heterocycles. The van der Waals surface area contributed by atoms with Gasteiger partial charge in [0.15, 0.2) is 0 Å². The van der Waals surface area contributed by atoms with Crippen LogP contribution in [0.3, 0.4) is 0 Å². The van der Waals surface area contributed by atoms with Crippen molar-refractivity contribution in [1.29, 1.82) is 0 Å². The summed E-state index contributed by atoms with van der Waals surface area (Å²) in [5.74, 6) is -0.969. The van der Waals surface area contributed by atoms with Gasteiger partial charge in [-0.05, 0) is 30.9 Å². The quantitative estimate of drug-likeness (QED) is 0.482. The number of aliphatic carboxylic acids is 2. The predicted molar refractivity (Wildman–Crippen MR) is 117 cm³/mol. The Morgan fingerprint density at radius 3 is 2.16 bits per heavy atom. The lowest BCUT2D eigenvalue weighted by Crippen LogP contribution is -2.41. The van der Waals surface area contributed by atoms with Crippen LogP contribution in [0.15, 0.2) is 48.5 Å². The Labute approximate surface area is 182 Å². The molecule has 4 rings (SSSR count). The summed E-state index contributed by atoms with van der Waals surface area (Å²) in [5.41, 5.74) is 1.92. The number of fused-ring (bicyclic) bond motifs is 2. The number of hydrogen-bond acceptors (Lipinski definition) is 4. The van der Waals surface area contributed by atoms with Gasteiger partial charge in [0.1, 0.15) is 17.5 Å². The van der Waals surface area contributed by atoms with Crippen molar-refractivity contribution in [3.05, 3.63) is 59.7 Å². The van der Waals surface area contributed by atoms with Gasteiger partial charge >= 0.3 is 11.9 Å². The molecule has 6 nitrogen and oxygen atoms in total. The van der Waals surface area contributed by atoms with E-state index in [-0.39, 0.29) is 17.9 Å². The van der Waals surface area contributed by atoms with Crippen molar-refractivity contribution in [2.75, 3.05) is 0 Å². The van der Waals surface area contributed by atoms with E-state index < -0.39 is 23.9 Å². The Bertz CT molecular complexity index is 913. The summed E-state index contributed by atoms with van der Waals surface area (Å²) in [4.78, 5) is 23.8. The minimum atomic E-state index is -0.954. The molecule has 31 heavy (non-hydrogen) atoms. The molecule has 3 N–H and O–H groups in total. The molecule has 2 aromatic carbocycles. The van der Waals surface area contributed by atoms with E-state index in [1.54, 1.807) is 0 Å². The van der Waals surface area contributed by atoms with Gasteiger partial charge in [-0.2, -0.15) is 0 Å². The molecule has 0 radical (unpaired) electrons. The van der Waals surface area contributed by atoms with E-state index in [2.05, 4.69) is 12.2 Å². The average molecular weight is 424 g/mol. The highest BCUT2D eigenvalue weighted by atomic mass is 16.5. The minimum absolute atomic E-state index is 0.000150. The lowest BCUT2D eigenvalue weighted by Gasteiger charge is -2.30. The summed E-state index contributed by atoms with van der Waals surface area (Å²) in [5, 5.41) is 22.7. The van der Waals surface area contributed by atoms with Gasteiger partial charge in [-0.3, -0.25) is 9.59 Å². The number of carboxylic acids is 2. The fourth-order valence-corrected chi connectivity index (χ4v) is 4.90. The first kappa shape index (κ1) is 21.4. The molecule has 164 valence electrons. The van der Waals surface area contributed by atoms with Gasteiger partial charge in [0.05, 0.1) is 5.92 Å². The predicted octanol–water partition coefficient (Wildman–Crippen LogP) is 4.64. The zero-order valence-electron chi connectivity index (χ0n) is 17.7. The highest BCUT2D eigenvalue weighted by Crippen LogP contribution is 2.47. The van der Waals surface area contributed by atoms with E-state index in [9.17, 15) is 19.8 Å². The second kappa shape index (κ2) is 9.10. The lowest BCUT2D eigenvalue weighted by molar-refractivity contribution is -0.141. The minimum Gasteiger partial charge on any atom is -0.481 e. The molecular formula is C25H29NO5. The first-order valence-corrected chi connectivity index (χ1v) is 11.1. The molecule has 1 heterocycles. The van der Waals surface area contributed by atoms with Crippen LogP contribution in [0.4, 0.5) is 0 Å². The highest BCUT2D eigenvalue weighted by Gasteiger charge is 2.55. The molecule has 0 spiro atoms. The van der Waals surface area contributed by atoms with Crippen LogP contribution in [-0.2, 0) is 9.59 Å². The van der Waals surface area contributed by atoms with Crippen molar-refractivity contribution in [1.82, 2.24) is 5.32 Å². The topological polar surface area (TPSA) is 95.9 Å². The zero-order chi connectivity index (χ0) is 22.0. The summed E-state index contributed by atoms with van der Waals surface area (Å²) in [6.45, 7) is 2.11. The number of benzene rings is 2. The molecule has 1 fully saturated rings. The van der Waals surface area contributed by atoms with Crippen LogP contribution in [0, 0.1) is 11.8 Å². The number of carboxylic acid groups (broad SMARTS) is 2. The molecule has 0 saturated heterocycles. The maximum Gasteiger partial charge on any atom is 0.320 e. The van der Waals surface area contributed by atoms with Gasteiger partial charge in [-0.1, -0.05) is 62.6 Å². The Morgan fingerprint density at radius 1 is 1.00 bits per heavy atom. The molecule has 2 aliphatic rings. The number of para-hydroxylation sites is 2. The first-order valence-electron chi connectivity index (χ1n) is 11.1. The summed E-state index contributed by atoms with van der Waals surface area (Å²) in [7, 11) is 0. The molecule has 4 unspecified atom stereocenters. The molecule has 0 bridgehead atoms. The molecule has 2 aromatic rings. The normalized spacial score (nSPS) is 22.7. The van der Waals surface area contributed by atoms with E-state index in [4.69, 9.17) is 4.74 Å². The zero-order valence-corrected chi connectivity index (χ0v) is 17.7. The molecular weight excluding hydrogens is 394 g/mol. The summed E-state index contributed by atoms with van der Waals surface area (Å²) in [6.07, 6.45) is 4.26. The third-order valence-corrected chi connectivity index (χ3v) is 6.57. The highest BCUT2D eigenvalue weighted by molar-refractivity contribution is 5.77. The Balaban J connectivity index is 1.54. The van der Waals surface area contributed by atoms with Gasteiger partial charge in [0, 0.05) is 23.1 Å². The largest absolute Gasteiger partial charge is 0.481 e. The standard InChI is InChI=1S/C25H29NO5/c1-2-3-4-11-17-22(25(29)30)23(17)26-19(24(27)28)14-18-15-9-5-7-12-20(15)31-21-13-8-6-10-16(18)21/h5-10,12-13,17-19,22-23,26H,2-4,11,14H2,1H3,(H,27,28)(H,29,30). The van der Waals surface area contributed by atoms with Crippen LogP contribution in [-0.4, -0.2) is 34.2 Å². The van der Waals surface area contributed by atoms with Crippen LogP contribution in [0.25, 0.3) is 0 Å². The molecule has 0 amide bonds. The van der Waals surface area contributed by atoms with Crippen molar-refractivity contribution >= 4 is 11.9 Å². The van der Waals surface area contributed by atoms with E-state index in [1.807, 2.05) is 48.5 Å². The van der Waals surface area contributed by atoms with Gasteiger partial charge in [-0.25, -0.2) is 0 Å². The Morgan fingerprint density at radius 2 is 1.61 bits per heavy atom. The monoisotopic (exact) mass is 423 g/mol. The molecule has 6 heteroatoms. The van der Waals surface area contributed by atoms with Crippen molar-refractivity contribution in [2.24, 2.45) is 11.8 Å². The van der Waals surface area contributed by atoms with Gasteiger partial charge < -0.3 is 20.3 Å². The van der Waals surface area contributed by atoms with E-state index in [0.29, 0.717) is 6.42 Å². The third kappa shape index (κ3) is 4.44.